The molecule has 0 radical (unpaired) electrons. The van der Waals surface area contributed by atoms with Gasteiger partial charge in [-0.15, -0.1) is 0 Å². The first-order chi connectivity index (χ1) is 9.17. The highest BCUT2D eigenvalue weighted by Crippen LogP contribution is 2.18. The van der Waals surface area contributed by atoms with E-state index in [1.54, 1.807) is 0 Å². The van der Waals surface area contributed by atoms with E-state index in [1.807, 2.05) is 32.0 Å². The molecule has 0 unspecified atom stereocenters. The van der Waals surface area contributed by atoms with Gasteiger partial charge in [-0.05, 0) is 26.0 Å². The molecule has 0 amide bonds. The van der Waals surface area contributed by atoms with Crippen molar-refractivity contribution in [2.24, 2.45) is 0 Å². The van der Waals surface area contributed by atoms with Gasteiger partial charge in [0.2, 0.25) is 0 Å². The van der Waals surface area contributed by atoms with E-state index in [4.69, 9.17) is 0 Å². The molecule has 0 aliphatic rings. The maximum Gasteiger partial charge on any atom is 0.251 e. The van der Waals surface area contributed by atoms with Crippen LogP contribution in [0.25, 0.3) is 0 Å². The van der Waals surface area contributed by atoms with Gasteiger partial charge < -0.3 is 10.3 Å². The Balaban J connectivity index is 2.05. The Morgan fingerprint density at radius 3 is 2.95 bits per heavy atom. The Bertz CT molecular complexity index is 612. The van der Waals surface area contributed by atoms with E-state index in [0.717, 1.165) is 23.8 Å². The van der Waals surface area contributed by atoms with Crippen LogP contribution in [0.1, 0.15) is 18.3 Å². The van der Waals surface area contributed by atoms with Crippen molar-refractivity contribution in [3.05, 3.63) is 46.0 Å². The van der Waals surface area contributed by atoms with Crippen molar-refractivity contribution in [3.63, 3.8) is 0 Å². The summed E-state index contributed by atoms with van der Waals surface area (Å²) < 4.78 is 0. The Hall–Kier alpha value is -1.82. The normalized spacial score (nSPS) is 10.4. The van der Waals surface area contributed by atoms with Gasteiger partial charge in [-0.25, -0.2) is 9.97 Å². The lowest BCUT2D eigenvalue weighted by Crippen LogP contribution is -2.08. The van der Waals surface area contributed by atoms with Gasteiger partial charge in [0.25, 0.3) is 5.56 Å². The summed E-state index contributed by atoms with van der Waals surface area (Å²) in [6.45, 7) is 4.68. The number of aromatic amines is 1. The van der Waals surface area contributed by atoms with Crippen LogP contribution < -0.4 is 10.9 Å². The highest BCUT2D eigenvalue weighted by molar-refractivity contribution is 7.98. The first kappa shape index (κ1) is 13.6. The van der Waals surface area contributed by atoms with Gasteiger partial charge in [-0.3, -0.25) is 4.79 Å². The predicted molar refractivity (Wildman–Crippen MR) is 77.6 cm³/mol. The summed E-state index contributed by atoms with van der Waals surface area (Å²) in [5.74, 6) is 1.54. The number of hydrogen-bond donors (Lipinski definition) is 2. The van der Waals surface area contributed by atoms with E-state index in [0.29, 0.717) is 10.9 Å². The summed E-state index contributed by atoms with van der Waals surface area (Å²) in [7, 11) is 0. The van der Waals surface area contributed by atoms with Crippen molar-refractivity contribution in [2.75, 3.05) is 11.9 Å². The van der Waals surface area contributed by atoms with E-state index in [9.17, 15) is 4.79 Å². The number of aryl methyl sites for hydroxylation is 1. The van der Waals surface area contributed by atoms with Crippen molar-refractivity contribution < 1.29 is 0 Å². The minimum Gasteiger partial charge on any atom is -0.370 e. The molecule has 0 aliphatic carbocycles. The smallest absolute Gasteiger partial charge is 0.251 e. The second kappa shape index (κ2) is 6.38. The van der Waals surface area contributed by atoms with Gasteiger partial charge in [0.1, 0.15) is 5.82 Å². The third-order valence-electron chi connectivity index (χ3n) is 2.37. The fraction of sp³-hybridized carbons (Fsp3) is 0.308. The number of anilines is 1. The predicted octanol–water partition coefficient (Wildman–Crippen LogP) is 2.20. The van der Waals surface area contributed by atoms with Crippen LogP contribution in [0.3, 0.4) is 0 Å². The fourth-order valence-corrected chi connectivity index (χ4v) is 2.43. The number of nitrogens with one attached hydrogen (secondary N) is 2. The average molecular weight is 276 g/mol. The van der Waals surface area contributed by atoms with E-state index in [2.05, 4.69) is 20.3 Å². The Labute approximate surface area is 115 Å². The van der Waals surface area contributed by atoms with Gasteiger partial charge in [-0.2, -0.15) is 0 Å². The second-order valence-electron chi connectivity index (χ2n) is 4.03. The number of pyridine rings is 1. The molecular formula is C13H16N4OS. The zero-order chi connectivity index (χ0) is 13.7. The summed E-state index contributed by atoms with van der Waals surface area (Å²) in [6, 6.07) is 7.34. The van der Waals surface area contributed by atoms with Crippen molar-refractivity contribution >= 4 is 17.6 Å². The lowest BCUT2D eigenvalue weighted by Gasteiger charge is -2.05. The number of rotatable bonds is 5. The quantitative estimate of drug-likeness (QED) is 0.647. The lowest BCUT2D eigenvalue weighted by atomic mass is 10.4. The molecule has 0 fully saturated rings. The molecule has 5 nitrogen and oxygen atoms in total. The molecule has 0 aromatic carbocycles. The third-order valence-corrected chi connectivity index (χ3v) is 3.28. The summed E-state index contributed by atoms with van der Waals surface area (Å²) in [4.78, 5) is 22.8. The molecule has 0 saturated heterocycles. The summed E-state index contributed by atoms with van der Waals surface area (Å²) in [5, 5.41) is 3.80. The number of hydrogen-bond acceptors (Lipinski definition) is 5. The zero-order valence-corrected chi connectivity index (χ0v) is 11.8. The van der Waals surface area contributed by atoms with Gasteiger partial charge >= 0.3 is 0 Å². The highest BCUT2D eigenvalue weighted by Gasteiger charge is 2.02. The van der Waals surface area contributed by atoms with Crippen LogP contribution in [-0.2, 0) is 5.75 Å². The van der Waals surface area contributed by atoms with Crippen LogP contribution in [0, 0.1) is 6.92 Å². The molecule has 0 spiro atoms. The molecule has 0 bridgehead atoms. The molecule has 0 aliphatic heterocycles. The van der Waals surface area contributed by atoms with Gasteiger partial charge in [0.15, 0.2) is 5.16 Å². The molecule has 0 saturated carbocycles. The molecule has 2 N–H and O–H groups in total. The SMILES string of the molecule is CCNc1cccc(CSc2nc(C)cc(=O)[nH]2)n1. The maximum atomic E-state index is 11.3. The minimum atomic E-state index is -0.121. The molecule has 0 atom stereocenters. The average Bonchev–Trinajstić information content (AvgIpc) is 2.36. The largest absolute Gasteiger partial charge is 0.370 e. The monoisotopic (exact) mass is 276 g/mol. The van der Waals surface area contributed by atoms with Gasteiger partial charge in [0, 0.05) is 24.1 Å². The van der Waals surface area contributed by atoms with Crippen LogP contribution >= 0.6 is 11.8 Å². The van der Waals surface area contributed by atoms with Crippen LogP contribution in [0.5, 0.6) is 0 Å². The number of nitrogens with zero attached hydrogens (tertiary/aromatic N) is 2. The molecule has 6 heteroatoms. The van der Waals surface area contributed by atoms with Gasteiger partial charge in [-0.1, -0.05) is 17.8 Å². The van der Waals surface area contributed by atoms with Crippen LogP contribution in [0.4, 0.5) is 5.82 Å². The number of thioether (sulfide) groups is 1. The molecule has 19 heavy (non-hydrogen) atoms. The summed E-state index contributed by atoms with van der Waals surface area (Å²) >= 11 is 1.47. The molecule has 2 aromatic rings. The van der Waals surface area contributed by atoms with Crippen LogP contribution in [-0.4, -0.2) is 21.5 Å². The molecule has 100 valence electrons. The van der Waals surface area contributed by atoms with E-state index < -0.39 is 0 Å². The van der Waals surface area contributed by atoms with E-state index in [-0.39, 0.29) is 5.56 Å². The van der Waals surface area contributed by atoms with E-state index in [1.165, 1.54) is 17.8 Å². The van der Waals surface area contributed by atoms with Crippen LogP contribution in [0.2, 0.25) is 0 Å². The maximum absolute atomic E-state index is 11.3. The Morgan fingerprint density at radius 2 is 2.21 bits per heavy atom. The number of H-pyrrole nitrogens is 1. The molecular weight excluding hydrogens is 260 g/mol. The van der Waals surface area contributed by atoms with Crippen molar-refractivity contribution in [1.29, 1.82) is 0 Å². The van der Waals surface area contributed by atoms with Crippen molar-refractivity contribution in [3.8, 4) is 0 Å². The van der Waals surface area contributed by atoms with Crippen LogP contribution in [0.15, 0.2) is 34.2 Å². The number of aromatic nitrogens is 3. The molecule has 2 aromatic heterocycles. The molecule has 2 rings (SSSR count). The summed E-state index contributed by atoms with van der Waals surface area (Å²) in [5.41, 5.74) is 1.55. The zero-order valence-electron chi connectivity index (χ0n) is 10.9. The third kappa shape index (κ3) is 4.10. The topological polar surface area (TPSA) is 70.7 Å². The Morgan fingerprint density at radius 1 is 1.37 bits per heavy atom. The van der Waals surface area contributed by atoms with E-state index >= 15 is 0 Å². The highest BCUT2D eigenvalue weighted by atomic mass is 32.2. The fourth-order valence-electron chi connectivity index (χ4n) is 1.60. The van der Waals surface area contributed by atoms with Crippen molar-refractivity contribution in [1.82, 2.24) is 15.0 Å². The standard InChI is InChI=1S/C13H16N4OS/c1-3-14-11-6-4-5-10(16-11)8-19-13-15-9(2)7-12(18)17-13/h4-7H,3,8H2,1-2H3,(H,14,16)(H,15,17,18). The second-order valence-corrected chi connectivity index (χ2v) is 4.99. The van der Waals surface area contributed by atoms with Crippen molar-refractivity contribution in [2.45, 2.75) is 24.8 Å². The minimum absolute atomic E-state index is 0.121. The Kier molecular flexibility index (Phi) is 4.57. The molecule has 2 heterocycles. The first-order valence-corrected chi connectivity index (χ1v) is 7.06. The van der Waals surface area contributed by atoms with Gasteiger partial charge in [0.05, 0.1) is 5.69 Å². The summed E-state index contributed by atoms with van der Waals surface area (Å²) in [6.07, 6.45) is 0. The lowest BCUT2D eigenvalue weighted by molar-refractivity contribution is 0.904. The first-order valence-electron chi connectivity index (χ1n) is 6.08.